The normalized spacial score (nSPS) is 14.8. The van der Waals surface area contributed by atoms with Crippen molar-refractivity contribution in [2.24, 2.45) is 0 Å². The maximum absolute atomic E-state index is 11.5. The van der Waals surface area contributed by atoms with Crippen LogP contribution in [-0.4, -0.2) is 30.1 Å². The minimum atomic E-state index is -1.36. The van der Waals surface area contributed by atoms with Crippen LogP contribution in [0.2, 0.25) is 0 Å². The lowest BCUT2D eigenvalue weighted by Gasteiger charge is -2.24. The van der Waals surface area contributed by atoms with Crippen molar-refractivity contribution >= 4 is 5.97 Å². The van der Waals surface area contributed by atoms with Gasteiger partial charge in [0.25, 0.3) is 0 Å². The van der Waals surface area contributed by atoms with E-state index in [4.69, 9.17) is 18.9 Å². The fourth-order valence-electron chi connectivity index (χ4n) is 2.90. The number of fused-ring (bicyclic) bond motifs is 2. The molecular weight excluding hydrogens is 324 g/mol. The molecule has 2 aliphatic rings. The molecule has 0 atom stereocenters. The Morgan fingerprint density at radius 3 is 2.68 bits per heavy atom. The highest BCUT2D eigenvalue weighted by Crippen LogP contribution is 2.43. The summed E-state index contributed by atoms with van der Waals surface area (Å²) in [5.74, 6) is 1.53. The van der Waals surface area contributed by atoms with Crippen LogP contribution in [0.5, 0.6) is 23.0 Å². The molecule has 2 heterocycles. The lowest BCUT2D eigenvalue weighted by atomic mass is 9.99. The van der Waals surface area contributed by atoms with Gasteiger partial charge in [0.15, 0.2) is 17.1 Å². The first-order valence-corrected chi connectivity index (χ1v) is 8.06. The molecule has 0 radical (unpaired) electrons. The highest BCUT2D eigenvalue weighted by atomic mass is 16.7. The Morgan fingerprint density at radius 2 is 1.88 bits per heavy atom. The van der Waals surface area contributed by atoms with E-state index in [0.29, 0.717) is 23.9 Å². The zero-order valence-corrected chi connectivity index (χ0v) is 14.0. The Kier molecular flexibility index (Phi) is 3.49. The van der Waals surface area contributed by atoms with E-state index < -0.39 is 11.6 Å². The van der Waals surface area contributed by atoms with Crippen molar-refractivity contribution in [3.05, 3.63) is 35.9 Å². The summed E-state index contributed by atoms with van der Waals surface area (Å²) in [7, 11) is 0. The summed E-state index contributed by atoms with van der Waals surface area (Å²) in [6.45, 7) is 3.85. The van der Waals surface area contributed by atoms with Gasteiger partial charge in [-0.25, -0.2) is 4.79 Å². The van der Waals surface area contributed by atoms with E-state index >= 15 is 0 Å². The third-order valence-corrected chi connectivity index (χ3v) is 4.36. The SMILES string of the molecule is CC(C)(Oc1cc2c(cc1-c1ccc3c(c1)OCO3)CCO2)C(=O)O. The highest BCUT2D eigenvalue weighted by Gasteiger charge is 2.31. The fourth-order valence-corrected chi connectivity index (χ4v) is 2.90. The number of carbonyl (C=O) groups is 1. The van der Waals surface area contributed by atoms with Crippen molar-refractivity contribution in [1.82, 2.24) is 0 Å². The van der Waals surface area contributed by atoms with Crippen LogP contribution < -0.4 is 18.9 Å². The average molecular weight is 342 g/mol. The van der Waals surface area contributed by atoms with Gasteiger partial charge in [0.2, 0.25) is 6.79 Å². The van der Waals surface area contributed by atoms with Crippen LogP contribution >= 0.6 is 0 Å². The lowest BCUT2D eigenvalue weighted by molar-refractivity contribution is -0.152. The van der Waals surface area contributed by atoms with Crippen LogP contribution in [0.15, 0.2) is 30.3 Å². The second kappa shape index (κ2) is 5.58. The molecule has 6 heteroatoms. The van der Waals surface area contributed by atoms with Gasteiger partial charge < -0.3 is 24.1 Å². The number of hydrogen-bond donors (Lipinski definition) is 1. The van der Waals surface area contributed by atoms with Crippen LogP contribution in [0.25, 0.3) is 11.1 Å². The van der Waals surface area contributed by atoms with E-state index in [2.05, 4.69) is 0 Å². The first kappa shape index (κ1) is 15.6. The first-order valence-electron chi connectivity index (χ1n) is 8.06. The van der Waals surface area contributed by atoms with Gasteiger partial charge in [-0.2, -0.15) is 0 Å². The predicted octanol–water partition coefficient (Wildman–Crippen LogP) is 3.26. The van der Waals surface area contributed by atoms with E-state index in [1.807, 2.05) is 24.3 Å². The Labute approximate surface area is 144 Å². The number of aliphatic carboxylic acids is 1. The molecule has 0 aliphatic carbocycles. The second-order valence-electron chi connectivity index (χ2n) is 6.54. The monoisotopic (exact) mass is 342 g/mol. The van der Waals surface area contributed by atoms with E-state index in [0.717, 1.165) is 28.9 Å². The zero-order chi connectivity index (χ0) is 17.6. The fraction of sp³-hybridized carbons (Fsp3) is 0.316. The molecule has 1 N–H and O–H groups in total. The Morgan fingerprint density at radius 1 is 1.08 bits per heavy atom. The quantitative estimate of drug-likeness (QED) is 0.919. The van der Waals surface area contributed by atoms with Crippen LogP contribution in [0.3, 0.4) is 0 Å². The molecular formula is C19H18O6. The van der Waals surface area contributed by atoms with Crippen molar-refractivity contribution in [2.75, 3.05) is 13.4 Å². The Balaban J connectivity index is 1.81. The van der Waals surface area contributed by atoms with Gasteiger partial charge in [0.1, 0.15) is 11.5 Å². The number of rotatable bonds is 4. The summed E-state index contributed by atoms with van der Waals surface area (Å²) in [6, 6.07) is 9.39. The summed E-state index contributed by atoms with van der Waals surface area (Å²) in [4.78, 5) is 11.5. The predicted molar refractivity (Wildman–Crippen MR) is 89.5 cm³/mol. The van der Waals surface area contributed by atoms with E-state index in [-0.39, 0.29) is 6.79 Å². The molecule has 0 spiro atoms. The second-order valence-corrected chi connectivity index (χ2v) is 6.54. The molecule has 0 fully saturated rings. The summed E-state index contributed by atoms with van der Waals surface area (Å²) in [6.07, 6.45) is 0.815. The van der Waals surface area contributed by atoms with E-state index in [1.54, 1.807) is 6.07 Å². The minimum absolute atomic E-state index is 0.201. The van der Waals surface area contributed by atoms with E-state index in [9.17, 15) is 9.90 Å². The van der Waals surface area contributed by atoms with E-state index in [1.165, 1.54) is 13.8 Å². The number of carboxylic acids is 1. The summed E-state index contributed by atoms with van der Waals surface area (Å²) < 4.78 is 22.3. The number of benzene rings is 2. The van der Waals surface area contributed by atoms with Crippen molar-refractivity contribution in [1.29, 1.82) is 0 Å². The van der Waals surface area contributed by atoms with Gasteiger partial charge in [-0.05, 0) is 43.2 Å². The maximum Gasteiger partial charge on any atom is 0.347 e. The molecule has 2 aromatic rings. The van der Waals surface area contributed by atoms with Crippen molar-refractivity contribution in [3.8, 4) is 34.1 Å². The van der Waals surface area contributed by atoms with Crippen molar-refractivity contribution in [3.63, 3.8) is 0 Å². The number of hydrogen-bond acceptors (Lipinski definition) is 5. The van der Waals surface area contributed by atoms with Gasteiger partial charge in [-0.3, -0.25) is 0 Å². The topological polar surface area (TPSA) is 74.2 Å². The third kappa shape index (κ3) is 2.73. The molecule has 4 rings (SSSR count). The molecule has 25 heavy (non-hydrogen) atoms. The molecule has 0 saturated heterocycles. The van der Waals surface area contributed by atoms with Crippen LogP contribution in [0.4, 0.5) is 0 Å². The summed E-state index contributed by atoms with van der Waals surface area (Å²) in [5, 5.41) is 9.39. The maximum atomic E-state index is 11.5. The van der Waals surface area contributed by atoms with Gasteiger partial charge in [0.05, 0.1) is 6.61 Å². The molecule has 0 aromatic heterocycles. The largest absolute Gasteiger partial charge is 0.493 e. The first-order chi connectivity index (χ1) is 11.9. The summed E-state index contributed by atoms with van der Waals surface area (Å²) >= 11 is 0. The third-order valence-electron chi connectivity index (χ3n) is 4.36. The Bertz CT molecular complexity index is 855. The van der Waals surface area contributed by atoms with Crippen LogP contribution in [-0.2, 0) is 11.2 Å². The van der Waals surface area contributed by atoms with Crippen LogP contribution in [0.1, 0.15) is 19.4 Å². The smallest absolute Gasteiger partial charge is 0.347 e. The number of carboxylic acid groups (broad SMARTS) is 1. The van der Waals surface area contributed by atoms with Crippen LogP contribution in [0, 0.1) is 0 Å². The Hall–Kier alpha value is -2.89. The summed E-state index contributed by atoms with van der Waals surface area (Å²) in [5.41, 5.74) is 1.39. The molecule has 0 saturated carbocycles. The lowest BCUT2D eigenvalue weighted by Crippen LogP contribution is -2.38. The van der Waals surface area contributed by atoms with Gasteiger partial charge in [-0.15, -0.1) is 0 Å². The molecule has 0 bridgehead atoms. The molecule has 0 amide bonds. The average Bonchev–Trinajstić information content (AvgIpc) is 3.21. The standard InChI is InChI=1S/C19H18O6/c1-19(2,18(20)21)25-16-9-15-12(5-6-22-15)7-13(16)11-3-4-14-17(8-11)24-10-23-14/h3-4,7-9H,5-6,10H2,1-2H3,(H,20,21). The molecule has 130 valence electrons. The molecule has 0 unspecified atom stereocenters. The highest BCUT2D eigenvalue weighted by molar-refractivity contribution is 5.79. The van der Waals surface area contributed by atoms with Crippen molar-refractivity contribution in [2.45, 2.75) is 25.9 Å². The molecule has 2 aromatic carbocycles. The van der Waals surface area contributed by atoms with Gasteiger partial charge >= 0.3 is 5.97 Å². The number of ether oxygens (including phenoxy) is 4. The minimum Gasteiger partial charge on any atom is -0.493 e. The molecule has 6 nitrogen and oxygen atoms in total. The van der Waals surface area contributed by atoms with Gasteiger partial charge in [0, 0.05) is 18.1 Å². The molecule has 2 aliphatic heterocycles. The van der Waals surface area contributed by atoms with Gasteiger partial charge in [-0.1, -0.05) is 6.07 Å². The van der Waals surface area contributed by atoms with Crippen molar-refractivity contribution < 1.29 is 28.8 Å². The zero-order valence-electron chi connectivity index (χ0n) is 14.0.